The molecule has 0 spiro atoms. The topological polar surface area (TPSA) is 60.9 Å². The van der Waals surface area contributed by atoms with Gasteiger partial charge in [0, 0.05) is 12.1 Å². The van der Waals surface area contributed by atoms with E-state index >= 15 is 0 Å². The predicted molar refractivity (Wildman–Crippen MR) is 76.6 cm³/mol. The van der Waals surface area contributed by atoms with E-state index < -0.39 is 0 Å². The third-order valence-corrected chi connectivity index (χ3v) is 3.28. The Morgan fingerprint density at radius 2 is 2.11 bits per heavy atom. The first kappa shape index (κ1) is 13.6. The minimum atomic E-state index is -0.178. The summed E-state index contributed by atoms with van der Waals surface area (Å²) in [7, 11) is 0. The van der Waals surface area contributed by atoms with Crippen molar-refractivity contribution < 1.29 is 4.79 Å². The molecule has 0 fully saturated rings. The van der Waals surface area contributed by atoms with E-state index in [0.717, 1.165) is 6.42 Å². The molecule has 2 aromatic rings. The molecule has 19 heavy (non-hydrogen) atoms. The van der Waals surface area contributed by atoms with Crippen LogP contribution in [0.3, 0.4) is 0 Å². The fourth-order valence-electron chi connectivity index (χ4n) is 2.04. The summed E-state index contributed by atoms with van der Waals surface area (Å²) in [5, 5.41) is 4.73. The van der Waals surface area contributed by atoms with Crippen LogP contribution in [0, 0.1) is 6.92 Å². The molecule has 1 aromatic carbocycles. The number of anilines is 1. The van der Waals surface area contributed by atoms with Gasteiger partial charge in [-0.05, 0) is 25.5 Å². The van der Waals surface area contributed by atoms with Crippen molar-refractivity contribution in [3.05, 3.63) is 46.1 Å². The van der Waals surface area contributed by atoms with Gasteiger partial charge in [-0.15, -0.1) is 0 Å². The first-order chi connectivity index (χ1) is 9.06. The lowest BCUT2D eigenvalue weighted by molar-refractivity contribution is 0.103. The van der Waals surface area contributed by atoms with Gasteiger partial charge in [0.15, 0.2) is 5.78 Å². The molecule has 1 aromatic heterocycles. The van der Waals surface area contributed by atoms with Gasteiger partial charge in [-0.2, -0.15) is 5.10 Å². The van der Waals surface area contributed by atoms with Gasteiger partial charge in [-0.25, -0.2) is 4.68 Å². The second kappa shape index (κ2) is 5.45. The number of hydrogen-bond donors (Lipinski definition) is 1. The third-order valence-electron chi connectivity index (χ3n) is 2.95. The monoisotopic (exact) mass is 277 g/mol. The van der Waals surface area contributed by atoms with E-state index in [1.165, 1.54) is 0 Å². The van der Waals surface area contributed by atoms with Gasteiger partial charge in [-0.3, -0.25) is 4.79 Å². The van der Waals surface area contributed by atoms with Crippen molar-refractivity contribution in [1.82, 2.24) is 9.78 Å². The Labute approximate surface area is 117 Å². The second-order valence-electron chi connectivity index (χ2n) is 4.38. The van der Waals surface area contributed by atoms with Crippen LogP contribution >= 0.6 is 11.6 Å². The van der Waals surface area contributed by atoms with Gasteiger partial charge < -0.3 is 5.73 Å². The molecule has 0 atom stereocenters. The summed E-state index contributed by atoms with van der Waals surface area (Å²) < 4.78 is 1.67. The summed E-state index contributed by atoms with van der Waals surface area (Å²) in [6, 6.07) is 6.95. The number of carbonyl (C=O) groups excluding carboxylic acids is 1. The van der Waals surface area contributed by atoms with Crippen molar-refractivity contribution in [3.63, 3.8) is 0 Å². The number of nitrogens with two attached hydrogens (primary N) is 1. The largest absolute Gasteiger partial charge is 0.383 e. The van der Waals surface area contributed by atoms with Crippen molar-refractivity contribution in [3.8, 4) is 0 Å². The van der Waals surface area contributed by atoms with Crippen LogP contribution in [0.4, 0.5) is 5.82 Å². The third kappa shape index (κ3) is 2.49. The van der Waals surface area contributed by atoms with Crippen LogP contribution in [0.15, 0.2) is 24.3 Å². The lowest BCUT2D eigenvalue weighted by Gasteiger charge is -2.04. The maximum absolute atomic E-state index is 12.5. The molecule has 0 saturated heterocycles. The summed E-state index contributed by atoms with van der Waals surface area (Å²) >= 11 is 6.05. The zero-order chi connectivity index (χ0) is 14.0. The minimum Gasteiger partial charge on any atom is -0.383 e. The van der Waals surface area contributed by atoms with E-state index in [1.807, 2.05) is 6.92 Å². The molecule has 5 heteroatoms. The van der Waals surface area contributed by atoms with Crippen LogP contribution in [0.1, 0.15) is 35.0 Å². The second-order valence-corrected chi connectivity index (χ2v) is 4.78. The average molecular weight is 278 g/mol. The normalized spacial score (nSPS) is 10.7. The highest BCUT2D eigenvalue weighted by Gasteiger charge is 2.22. The SMILES string of the molecule is CCCn1nc(C)c(C(=O)c2ccccc2Cl)c1N. The van der Waals surface area contributed by atoms with Gasteiger partial charge in [0.05, 0.1) is 16.3 Å². The van der Waals surface area contributed by atoms with E-state index in [2.05, 4.69) is 5.10 Å². The molecule has 0 radical (unpaired) electrons. The number of hydrogen-bond acceptors (Lipinski definition) is 3. The molecular formula is C14H16ClN3O. The molecule has 4 nitrogen and oxygen atoms in total. The fourth-order valence-corrected chi connectivity index (χ4v) is 2.26. The number of benzene rings is 1. The van der Waals surface area contributed by atoms with Crippen molar-refractivity contribution in [2.24, 2.45) is 0 Å². The van der Waals surface area contributed by atoms with Crippen LogP contribution in [0.25, 0.3) is 0 Å². The highest BCUT2D eigenvalue weighted by molar-refractivity contribution is 6.35. The van der Waals surface area contributed by atoms with Crippen molar-refractivity contribution in [1.29, 1.82) is 0 Å². The highest BCUT2D eigenvalue weighted by Crippen LogP contribution is 2.24. The van der Waals surface area contributed by atoms with E-state index in [1.54, 1.807) is 35.9 Å². The zero-order valence-corrected chi connectivity index (χ0v) is 11.7. The predicted octanol–water partition coefficient (Wildman–Crippen LogP) is 3.07. The van der Waals surface area contributed by atoms with Crippen molar-refractivity contribution in [2.45, 2.75) is 26.8 Å². The van der Waals surface area contributed by atoms with Crippen LogP contribution < -0.4 is 5.73 Å². The van der Waals surface area contributed by atoms with E-state index in [0.29, 0.717) is 34.2 Å². The number of aryl methyl sites for hydroxylation is 2. The number of carbonyl (C=O) groups is 1. The number of nitrogen functional groups attached to an aromatic ring is 1. The first-order valence-electron chi connectivity index (χ1n) is 6.18. The Morgan fingerprint density at radius 3 is 2.74 bits per heavy atom. The van der Waals surface area contributed by atoms with Gasteiger partial charge in [-0.1, -0.05) is 30.7 Å². The van der Waals surface area contributed by atoms with E-state index in [4.69, 9.17) is 17.3 Å². The van der Waals surface area contributed by atoms with Crippen molar-refractivity contribution in [2.75, 3.05) is 5.73 Å². The fraction of sp³-hybridized carbons (Fsp3) is 0.286. The molecule has 2 rings (SSSR count). The average Bonchev–Trinajstić information content (AvgIpc) is 2.65. The molecule has 0 bridgehead atoms. The molecule has 0 unspecified atom stereocenters. The summed E-state index contributed by atoms with van der Waals surface area (Å²) in [5.41, 5.74) is 7.55. The van der Waals surface area contributed by atoms with Gasteiger partial charge in [0.2, 0.25) is 0 Å². The smallest absolute Gasteiger partial charge is 0.200 e. The molecule has 100 valence electrons. The summed E-state index contributed by atoms with van der Waals surface area (Å²) in [6.07, 6.45) is 0.908. The lowest BCUT2D eigenvalue weighted by Crippen LogP contribution is -2.09. The first-order valence-corrected chi connectivity index (χ1v) is 6.56. The Bertz CT molecular complexity index is 619. The Morgan fingerprint density at radius 1 is 1.42 bits per heavy atom. The molecule has 0 aliphatic heterocycles. The number of ketones is 1. The number of rotatable bonds is 4. The number of aromatic nitrogens is 2. The van der Waals surface area contributed by atoms with Gasteiger partial charge in [0.25, 0.3) is 0 Å². The van der Waals surface area contributed by atoms with Crippen molar-refractivity contribution >= 4 is 23.2 Å². The Balaban J connectivity index is 2.48. The summed E-state index contributed by atoms with van der Waals surface area (Å²) in [6.45, 7) is 4.51. The number of halogens is 1. The summed E-state index contributed by atoms with van der Waals surface area (Å²) in [4.78, 5) is 12.5. The highest BCUT2D eigenvalue weighted by atomic mass is 35.5. The maximum atomic E-state index is 12.5. The zero-order valence-electron chi connectivity index (χ0n) is 11.0. The summed E-state index contributed by atoms with van der Waals surface area (Å²) in [5.74, 6) is 0.229. The molecular weight excluding hydrogens is 262 g/mol. The molecule has 2 N–H and O–H groups in total. The lowest BCUT2D eigenvalue weighted by atomic mass is 10.0. The van der Waals surface area contributed by atoms with Crippen LogP contribution in [-0.2, 0) is 6.54 Å². The van der Waals surface area contributed by atoms with Gasteiger partial charge in [0.1, 0.15) is 5.82 Å². The molecule has 1 heterocycles. The van der Waals surface area contributed by atoms with E-state index in [9.17, 15) is 4.79 Å². The molecule has 0 amide bonds. The quantitative estimate of drug-likeness (QED) is 0.874. The minimum absolute atomic E-state index is 0.178. The van der Waals surface area contributed by atoms with Crippen LogP contribution in [0.5, 0.6) is 0 Å². The van der Waals surface area contributed by atoms with E-state index in [-0.39, 0.29) is 5.78 Å². The Hall–Kier alpha value is -1.81. The molecule has 0 aliphatic carbocycles. The maximum Gasteiger partial charge on any atom is 0.200 e. The molecule has 0 aliphatic rings. The van der Waals surface area contributed by atoms with Gasteiger partial charge >= 0.3 is 0 Å². The standard InChI is InChI=1S/C14H16ClN3O/c1-3-8-18-14(16)12(9(2)17-18)13(19)10-6-4-5-7-11(10)15/h4-7H,3,8,16H2,1-2H3. The van der Waals surface area contributed by atoms with Crippen LogP contribution in [-0.4, -0.2) is 15.6 Å². The number of nitrogens with zero attached hydrogens (tertiary/aromatic N) is 2. The Kier molecular flexibility index (Phi) is 3.90. The van der Waals surface area contributed by atoms with Crippen LogP contribution in [0.2, 0.25) is 5.02 Å². The molecule has 0 saturated carbocycles.